The zero-order chi connectivity index (χ0) is 16.5. The predicted molar refractivity (Wildman–Crippen MR) is 105 cm³/mol. The lowest BCUT2D eigenvalue weighted by molar-refractivity contribution is 0.173. The first-order valence-corrected chi connectivity index (χ1v) is 9.09. The lowest BCUT2D eigenvalue weighted by atomic mass is 9.89. The number of fused-ring (bicyclic) bond motifs is 1. The molecule has 4 rings (SSSR count). The van der Waals surface area contributed by atoms with Gasteiger partial charge in [-0.05, 0) is 51.7 Å². The van der Waals surface area contributed by atoms with Gasteiger partial charge < -0.3 is 15.2 Å². The first-order valence-electron chi connectivity index (χ1n) is 8.30. The van der Waals surface area contributed by atoms with Crippen molar-refractivity contribution in [3.05, 3.63) is 58.1 Å². The molecule has 0 aromatic heterocycles. The summed E-state index contributed by atoms with van der Waals surface area (Å²) in [7, 11) is 0. The van der Waals surface area contributed by atoms with Crippen molar-refractivity contribution in [2.45, 2.75) is 12.5 Å². The Labute approximate surface area is 162 Å². The molecule has 0 bridgehead atoms. The topological polar surface area (TPSA) is 47.7 Å². The van der Waals surface area contributed by atoms with Gasteiger partial charge in [0.2, 0.25) is 6.79 Å². The van der Waals surface area contributed by atoms with Gasteiger partial charge in [0.15, 0.2) is 11.5 Å². The lowest BCUT2D eigenvalue weighted by Gasteiger charge is -2.17. The normalized spacial score (nSPS) is 22.0. The van der Waals surface area contributed by atoms with Crippen LogP contribution >= 0.6 is 28.3 Å². The van der Waals surface area contributed by atoms with Crippen LogP contribution in [0.2, 0.25) is 0 Å². The van der Waals surface area contributed by atoms with E-state index in [-0.39, 0.29) is 12.4 Å². The average Bonchev–Trinajstić information content (AvgIpc) is 3.22. The third-order valence-corrected chi connectivity index (χ3v) is 5.53. The average molecular weight is 426 g/mol. The van der Waals surface area contributed by atoms with E-state index in [1.54, 1.807) is 0 Å². The van der Waals surface area contributed by atoms with E-state index >= 15 is 0 Å². The molecule has 4 nitrogen and oxygen atoms in total. The van der Waals surface area contributed by atoms with E-state index in [1.165, 1.54) is 11.1 Å². The third-order valence-electron chi connectivity index (χ3n) is 4.94. The minimum atomic E-state index is 0. The fourth-order valence-electron chi connectivity index (χ4n) is 3.78. The van der Waals surface area contributed by atoms with Crippen molar-refractivity contribution >= 4 is 28.3 Å². The molecule has 2 aromatic rings. The molecule has 134 valence electrons. The molecule has 25 heavy (non-hydrogen) atoms. The molecule has 2 heterocycles. The van der Waals surface area contributed by atoms with Gasteiger partial charge in [0.25, 0.3) is 0 Å². The molecule has 6 heteroatoms. The molecule has 0 spiro atoms. The van der Waals surface area contributed by atoms with Gasteiger partial charge in [-0.1, -0.05) is 30.3 Å². The van der Waals surface area contributed by atoms with Crippen LogP contribution in [0.25, 0.3) is 0 Å². The van der Waals surface area contributed by atoms with Crippen LogP contribution in [-0.4, -0.2) is 31.3 Å². The summed E-state index contributed by atoms with van der Waals surface area (Å²) in [6, 6.07) is 14.9. The summed E-state index contributed by atoms with van der Waals surface area (Å²) < 4.78 is 12.0. The van der Waals surface area contributed by atoms with Crippen molar-refractivity contribution in [1.82, 2.24) is 4.90 Å². The molecule has 0 aliphatic carbocycles. The molecule has 1 fully saturated rings. The van der Waals surface area contributed by atoms with E-state index < -0.39 is 0 Å². The highest BCUT2D eigenvalue weighted by Gasteiger charge is 2.33. The fourth-order valence-corrected chi connectivity index (χ4v) is 4.38. The zero-order valence-corrected chi connectivity index (χ0v) is 16.3. The Bertz CT molecular complexity index is 729. The van der Waals surface area contributed by atoms with Crippen LogP contribution in [0.1, 0.15) is 17.0 Å². The van der Waals surface area contributed by atoms with Gasteiger partial charge in [-0.25, -0.2) is 0 Å². The fraction of sp³-hybridized carbons (Fsp3) is 0.368. The molecule has 2 atom stereocenters. The van der Waals surface area contributed by atoms with E-state index in [0.717, 1.165) is 42.2 Å². The maximum absolute atomic E-state index is 6.04. The molecule has 2 aliphatic heterocycles. The molecule has 2 aromatic carbocycles. The molecule has 0 unspecified atom stereocenters. The van der Waals surface area contributed by atoms with Crippen molar-refractivity contribution in [2.75, 3.05) is 26.4 Å². The Morgan fingerprint density at radius 2 is 1.92 bits per heavy atom. The van der Waals surface area contributed by atoms with Gasteiger partial charge in [-0.15, -0.1) is 12.4 Å². The van der Waals surface area contributed by atoms with E-state index in [2.05, 4.69) is 63.3 Å². The van der Waals surface area contributed by atoms with Crippen LogP contribution in [0.5, 0.6) is 11.5 Å². The van der Waals surface area contributed by atoms with Crippen LogP contribution in [0.3, 0.4) is 0 Å². The van der Waals surface area contributed by atoms with Crippen LogP contribution in [-0.2, 0) is 6.54 Å². The summed E-state index contributed by atoms with van der Waals surface area (Å²) >= 11 is 3.58. The van der Waals surface area contributed by atoms with Crippen LogP contribution < -0.4 is 15.2 Å². The van der Waals surface area contributed by atoms with Gasteiger partial charge in [-0.3, -0.25) is 4.90 Å². The monoisotopic (exact) mass is 424 g/mol. The maximum atomic E-state index is 6.04. The van der Waals surface area contributed by atoms with Crippen molar-refractivity contribution < 1.29 is 9.47 Å². The molecular weight excluding hydrogens is 404 g/mol. The summed E-state index contributed by atoms with van der Waals surface area (Å²) in [5.41, 5.74) is 8.67. The number of likely N-dealkylation sites (tertiary alicyclic amines) is 1. The predicted octanol–water partition coefficient (Wildman–Crippen LogP) is 3.77. The quantitative estimate of drug-likeness (QED) is 0.810. The Morgan fingerprint density at radius 3 is 2.68 bits per heavy atom. The number of hydrogen-bond donors (Lipinski definition) is 1. The maximum Gasteiger partial charge on any atom is 0.231 e. The van der Waals surface area contributed by atoms with E-state index in [1.807, 2.05) is 0 Å². The van der Waals surface area contributed by atoms with Crippen molar-refractivity contribution in [2.24, 2.45) is 11.7 Å². The highest BCUT2D eigenvalue weighted by Crippen LogP contribution is 2.41. The highest BCUT2D eigenvalue weighted by molar-refractivity contribution is 9.10. The Hall–Kier alpha value is -1.27. The second kappa shape index (κ2) is 7.96. The summed E-state index contributed by atoms with van der Waals surface area (Å²) in [6.45, 7) is 3.99. The minimum absolute atomic E-state index is 0. The number of benzene rings is 2. The van der Waals surface area contributed by atoms with Crippen LogP contribution in [0.15, 0.2) is 46.9 Å². The van der Waals surface area contributed by atoms with Crippen molar-refractivity contribution in [1.29, 1.82) is 0 Å². The van der Waals surface area contributed by atoms with Crippen LogP contribution in [0.4, 0.5) is 0 Å². The number of rotatable bonds is 4. The molecular formula is C19H22BrClN2O2. The molecule has 0 amide bonds. The molecule has 0 saturated carbocycles. The SMILES string of the molecule is Cl.NC[C@@H]1CN(Cc2cc(Br)c3c(c2)OCO3)C[C@H]1c1ccccc1. The van der Waals surface area contributed by atoms with Crippen molar-refractivity contribution in [3.63, 3.8) is 0 Å². The number of ether oxygens (including phenoxy) is 2. The highest BCUT2D eigenvalue weighted by atomic mass is 79.9. The summed E-state index contributed by atoms with van der Waals surface area (Å²) in [4.78, 5) is 2.49. The number of nitrogens with zero attached hydrogens (tertiary/aromatic N) is 1. The Kier molecular flexibility index (Phi) is 5.89. The van der Waals surface area contributed by atoms with Gasteiger partial charge in [0, 0.05) is 25.6 Å². The van der Waals surface area contributed by atoms with Gasteiger partial charge >= 0.3 is 0 Å². The largest absolute Gasteiger partial charge is 0.454 e. The van der Waals surface area contributed by atoms with Gasteiger partial charge in [-0.2, -0.15) is 0 Å². The van der Waals surface area contributed by atoms with Gasteiger partial charge in [0.1, 0.15) is 0 Å². The smallest absolute Gasteiger partial charge is 0.231 e. The second-order valence-electron chi connectivity index (χ2n) is 6.52. The summed E-state index contributed by atoms with van der Waals surface area (Å²) in [6.07, 6.45) is 0. The zero-order valence-electron chi connectivity index (χ0n) is 13.9. The molecule has 0 radical (unpaired) electrons. The second-order valence-corrected chi connectivity index (χ2v) is 7.37. The van der Waals surface area contributed by atoms with Gasteiger partial charge in [0.05, 0.1) is 4.47 Å². The van der Waals surface area contributed by atoms with E-state index in [9.17, 15) is 0 Å². The lowest BCUT2D eigenvalue weighted by Crippen LogP contribution is -2.23. The standard InChI is InChI=1S/C19H21BrN2O2.ClH/c20-17-6-13(7-18-19(17)24-12-23-18)9-22-10-15(8-21)16(11-22)14-4-2-1-3-5-14;/h1-7,15-16H,8-12,21H2;1H/t15-,16+;/m1./s1. The van der Waals surface area contributed by atoms with E-state index in [0.29, 0.717) is 18.6 Å². The van der Waals surface area contributed by atoms with Crippen molar-refractivity contribution in [3.8, 4) is 11.5 Å². The number of halogens is 2. The minimum Gasteiger partial charge on any atom is -0.454 e. The first kappa shape index (κ1) is 18.5. The summed E-state index contributed by atoms with van der Waals surface area (Å²) in [5.74, 6) is 2.65. The Morgan fingerprint density at radius 1 is 1.12 bits per heavy atom. The molecule has 1 saturated heterocycles. The molecule has 2 N–H and O–H groups in total. The van der Waals surface area contributed by atoms with Crippen LogP contribution in [0, 0.1) is 5.92 Å². The van der Waals surface area contributed by atoms with E-state index in [4.69, 9.17) is 15.2 Å². The number of hydrogen-bond acceptors (Lipinski definition) is 4. The Balaban J connectivity index is 0.00000182. The first-order chi connectivity index (χ1) is 11.7. The summed E-state index contributed by atoms with van der Waals surface area (Å²) in [5, 5.41) is 0. The third kappa shape index (κ3) is 3.80. The molecule has 2 aliphatic rings. The number of nitrogens with two attached hydrogens (primary N) is 1.